The van der Waals surface area contributed by atoms with E-state index >= 15 is 0 Å². The predicted molar refractivity (Wildman–Crippen MR) is 38.0 cm³/mol. The largest absolute Gasteiger partial charge is 0.350 e. The zero-order valence-electron chi connectivity index (χ0n) is 6.63. The first-order valence-corrected chi connectivity index (χ1v) is 3.90. The van der Waals surface area contributed by atoms with Crippen molar-refractivity contribution in [2.75, 3.05) is 13.2 Å². The second kappa shape index (κ2) is 2.05. The maximum absolute atomic E-state index is 10.3. The fraction of sp³-hybridized carbons (Fsp3) is 0.875. The normalized spacial score (nSPS) is 48.1. The molecule has 0 N–H and O–H groups in total. The van der Waals surface area contributed by atoms with Crippen molar-refractivity contribution in [3.8, 4) is 0 Å². The second-order valence-electron chi connectivity index (χ2n) is 3.76. The lowest BCUT2D eigenvalue weighted by Crippen LogP contribution is -2.30. The fourth-order valence-electron chi connectivity index (χ4n) is 1.95. The van der Waals surface area contributed by atoms with Crippen molar-refractivity contribution in [1.29, 1.82) is 0 Å². The highest BCUT2D eigenvalue weighted by Crippen LogP contribution is 2.48. The van der Waals surface area contributed by atoms with Gasteiger partial charge in [0.15, 0.2) is 5.79 Å². The van der Waals surface area contributed by atoms with E-state index in [1.165, 1.54) is 0 Å². The highest BCUT2D eigenvalue weighted by atomic mass is 16.7. The molecule has 11 heavy (non-hydrogen) atoms. The molecular formula is C8H12O3. The summed E-state index contributed by atoms with van der Waals surface area (Å²) in [5.41, 5.74) is 0.0104. The Balaban J connectivity index is 2.13. The minimum Gasteiger partial charge on any atom is -0.350 e. The van der Waals surface area contributed by atoms with Gasteiger partial charge in [-0.05, 0) is 6.92 Å². The van der Waals surface area contributed by atoms with Crippen LogP contribution < -0.4 is 0 Å². The standard InChI is InChI=1S/C8H12O3/c1-7-4-8(2-3-9,5-10-7)6-11-7/h3H,2,4-6H2,1H3. The van der Waals surface area contributed by atoms with Crippen LogP contribution in [0.5, 0.6) is 0 Å². The molecule has 0 spiro atoms. The molecule has 2 fully saturated rings. The Morgan fingerprint density at radius 1 is 1.45 bits per heavy atom. The van der Waals surface area contributed by atoms with Gasteiger partial charge in [-0.25, -0.2) is 0 Å². The molecule has 0 atom stereocenters. The van der Waals surface area contributed by atoms with Crippen LogP contribution in [0.4, 0.5) is 0 Å². The lowest BCUT2D eigenvalue weighted by molar-refractivity contribution is -0.210. The van der Waals surface area contributed by atoms with Gasteiger partial charge in [0.1, 0.15) is 6.29 Å². The van der Waals surface area contributed by atoms with E-state index < -0.39 is 0 Å². The molecule has 0 aromatic heterocycles. The molecule has 2 bridgehead atoms. The van der Waals surface area contributed by atoms with Crippen molar-refractivity contribution in [2.24, 2.45) is 5.41 Å². The molecule has 0 aromatic carbocycles. The molecule has 2 aliphatic rings. The van der Waals surface area contributed by atoms with Gasteiger partial charge in [-0.3, -0.25) is 0 Å². The number of rotatable bonds is 2. The van der Waals surface area contributed by atoms with Gasteiger partial charge in [0.2, 0.25) is 0 Å². The molecule has 2 saturated heterocycles. The van der Waals surface area contributed by atoms with Crippen LogP contribution in [0.15, 0.2) is 0 Å². The smallest absolute Gasteiger partial charge is 0.166 e. The first-order valence-electron chi connectivity index (χ1n) is 3.90. The maximum atomic E-state index is 10.3. The molecule has 0 saturated carbocycles. The molecule has 0 aliphatic carbocycles. The number of carbonyl (C=O) groups excluding carboxylic acids is 1. The van der Waals surface area contributed by atoms with E-state index in [-0.39, 0.29) is 11.2 Å². The average molecular weight is 156 g/mol. The molecular weight excluding hydrogens is 144 g/mol. The third-order valence-corrected chi connectivity index (χ3v) is 2.58. The molecule has 62 valence electrons. The molecule has 3 heteroatoms. The van der Waals surface area contributed by atoms with Crippen molar-refractivity contribution in [2.45, 2.75) is 25.6 Å². The van der Waals surface area contributed by atoms with Crippen LogP contribution in [-0.2, 0) is 14.3 Å². The quantitative estimate of drug-likeness (QED) is 0.553. The van der Waals surface area contributed by atoms with Crippen LogP contribution in [0.2, 0.25) is 0 Å². The third-order valence-electron chi connectivity index (χ3n) is 2.58. The maximum Gasteiger partial charge on any atom is 0.166 e. The highest BCUT2D eigenvalue weighted by molar-refractivity contribution is 5.51. The van der Waals surface area contributed by atoms with E-state index in [1.54, 1.807) is 0 Å². The Bertz CT molecular complexity index is 180. The number of hydrogen-bond donors (Lipinski definition) is 0. The van der Waals surface area contributed by atoms with Gasteiger partial charge in [0.25, 0.3) is 0 Å². The molecule has 0 aromatic rings. The van der Waals surface area contributed by atoms with Crippen LogP contribution >= 0.6 is 0 Å². The van der Waals surface area contributed by atoms with E-state index in [2.05, 4.69) is 0 Å². The topological polar surface area (TPSA) is 35.5 Å². The van der Waals surface area contributed by atoms with E-state index in [0.29, 0.717) is 19.6 Å². The Labute approximate surface area is 65.7 Å². The van der Waals surface area contributed by atoms with E-state index in [9.17, 15) is 4.79 Å². The summed E-state index contributed by atoms with van der Waals surface area (Å²) in [6.45, 7) is 3.30. The van der Waals surface area contributed by atoms with Crippen molar-refractivity contribution in [1.82, 2.24) is 0 Å². The first-order chi connectivity index (χ1) is 5.18. The van der Waals surface area contributed by atoms with Crippen molar-refractivity contribution >= 4 is 6.29 Å². The summed E-state index contributed by atoms with van der Waals surface area (Å²) < 4.78 is 10.8. The lowest BCUT2D eigenvalue weighted by Gasteiger charge is -2.24. The molecule has 2 heterocycles. The summed E-state index contributed by atoms with van der Waals surface area (Å²) in [5, 5.41) is 0. The zero-order chi connectivity index (χ0) is 7.95. The van der Waals surface area contributed by atoms with Gasteiger partial charge in [0, 0.05) is 18.3 Å². The molecule has 2 aliphatic heterocycles. The fourth-order valence-corrected chi connectivity index (χ4v) is 1.95. The SMILES string of the molecule is CC12CC(CC=O)(CO1)CO2. The predicted octanol–water partition coefficient (Wildman–Crippen LogP) is 0.728. The van der Waals surface area contributed by atoms with Crippen LogP contribution in [0, 0.1) is 5.41 Å². The Morgan fingerprint density at radius 2 is 2.09 bits per heavy atom. The summed E-state index contributed by atoms with van der Waals surface area (Å²) >= 11 is 0. The third kappa shape index (κ3) is 0.993. The van der Waals surface area contributed by atoms with Gasteiger partial charge >= 0.3 is 0 Å². The van der Waals surface area contributed by atoms with Crippen molar-refractivity contribution < 1.29 is 14.3 Å². The summed E-state index contributed by atoms with van der Waals surface area (Å²) in [5.74, 6) is -0.386. The second-order valence-corrected chi connectivity index (χ2v) is 3.76. The molecule has 3 nitrogen and oxygen atoms in total. The zero-order valence-corrected chi connectivity index (χ0v) is 6.63. The van der Waals surface area contributed by atoms with Gasteiger partial charge < -0.3 is 14.3 Å². The van der Waals surface area contributed by atoms with Gasteiger partial charge in [-0.2, -0.15) is 0 Å². The number of carbonyl (C=O) groups is 1. The van der Waals surface area contributed by atoms with Crippen LogP contribution in [0.1, 0.15) is 19.8 Å². The van der Waals surface area contributed by atoms with Gasteiger partial charge in [-0.1, -0.05) is 0 Å². The first kappa shape index (κ1) is 7.25. The number of fused-ring (bicyclic) bond motifs is 2. The monoisotopic (exact) mass is 156 g/mol. The highest BCUT2D eigenvalue weighted by Gasteiger charge is 2.54. The summed E-state index contributed by atoms with van der Waals surface area (Å²) in [6.07, 6.45) is 2.41. The molecule has 0 unspecified atom stereocenters. The van der Waals surface area contributed by atoms with Gasteiger partial charge in [-0.15, -0.1) is 0 Å². The van der Waals surface area contributed by atoms with Gasteiger partial charge in [0.05, 0.1) is 13.2 Å². The number of aldehydes is 1. The number of hydrogen-bond acceptors (Lipinski definition) is 3. The van der Waals surface area contributed by atoms with Crippen LogP contribution in [0.25, 0.3) is 0 Å². The Morgan fingerprint density at radius 3 is 2.45 bits per heavy atom. The Kier molecular flexibility index (Phi) is 1.35. The summed E-state index contributed by atoms with van der Waals surface area (Å²) in [7, 11) is 0. The van der Waals surface area contributed by atoms with Crippen molar-refractivity contribution in [3.63, 3.8) is 0 Å². The Hall–Kier alpha value is -0.410. The number of ether oxygens (including phenoxy) is 2. The molecule has 2 rings (SSSR count). The molecule has 0 radical (unpaired) electrons. The summed E-state index contributed by atoms with van der Waals surface area (Å²) in [4.78, 5) is 10.3. The summed E-state index contributed by atoms with van der Waals surface area (Å²) in [6, 6.07) is 0. The minimum atomic E-state index is -0.386. The van der Waals surface area contributed by atoms with E-state index in [0.717, 1.165) is 12.7 Å². The van der Waals surface area contributed by atoms with Crippen molar-refractivity contribution in [3.05, 3.63) is 0 Å². The van der Waals surface area contributed by atoms with Crippen LogP contribution in [-0.4, -0.2) is 25.3 Å². The lowest BCUT2D eigenvalue weighted by atomic mass is 9.85. The van der Waals surface area contributed by atoms with E-state index in [4.69, 9.17) is 9.47 Å². The molecule has 0 amide bonds. The van der Waals surface area contributed by atoms with Crippen LogP contribution in [0.3, 0.4) is 0 Å². The minimum absolute atomic E-state index is 0.0104. The van der Waals surface area contributed by atoms with E-state index in [1.807, 2.05) is 6.92 Å². The average Bonchev–Trinajstić information content (AvgIpc) is 2.42.